The van der Waals surface area contributed by atoms with Gasteiger partial charge in [0, 0.05) is 19.4 Å². The average Bonchev–Trinajstić information content (AvgIpc) is 2.48. The average molecular weight is 271 g/mol. The first kappa shape index (κ1) is 14.3. The number of fused-ring (bicyclic) bond motifs is 2. The highest BCUT2D eigenvalue weighted by molar-refractivity contribution is 5.71. The molecule has 1 N–H and O–H groups in total. The Balaban J connectivity index is 2.35. The van der Waals surface area contributed by atoms with Crippen LogP contribution in [0.3, 0.4) is 0 Å². The molecular weight excluding hydrogens is 250 g/mol. The molecule has 2 fully saturated rings. The van der Waals surface area contributed by atoms with Crippen LogP contribution in [0.15, 0.2) is 0 Å². The fraction of sp³-hybridized carbons (Fsp3) is 0.846. The molecule has 0 aromatic carbocycles. The van der Waals surface area contributed by atoms with Crippen LogP contribution in [0, 0.1) is 0 Å². The number of ether oxygens (including phenoxy) is 2. The molecule has 2 aliphatic rings. The third-order valence-electron chi connectivity index (χ3n) is 4.10. The first-order valence-corrected chi connectivity index (χ1v) is 6.73. The van der Waals surface area contributed by atoms with Crippen LogP contribution < -0.4 is 0 Å². The van der Waals surface area contributed by atoms with Crippen LogP contribution in [-0.4, -0.2) is 53.0 Å². The monoisotopic (exact) mass is 271 g/mol. The lowest BCUT2D eigenvalue weighted by Gasteiger charge is -2.37. The highest BCUT2D eigenvalue weighted by Crippen LogP contribution is 2.44. The molecule has 4 atom stereocenters. The third-order valence-corrected chi connectivity index (χ3v) is 4.10. The number of piperidine rings is 1. The van der Waals surface area contributed by atoms with Crippen molar-refractivity contribution >= 4 is 11.9 Å². The molecule has 2 unspecified atom stereocenters. The number of esters is 2. The van der Waals surface area contributed by atoms with Gasteiger partial charge < -0.3 is 14.6 Å². The standard InChI is InChI=1S/C13H21NO5/c1-4-11(16)19-13(18-8(2)15)10-7-5-6-9(12(13)17)14(10)3/h9-10,12,17H,4-7H2,1-3H3/t9-,10+,12?,13?/m0/s1. The van der Waals surface area contributed by atoms with Gasteiger partial charge in [0.1, 0.15) is 6.10 Å². The molecule has 2 rings (SSSR count). The van der Waals surface area contributed by atoms with Crippen LogP contribution >= 0.6 is 0 Å². The van der Waals surface area contributed by atoms with Gasteiger partial charge in [-0.2, -0.15) is 0 Å². The topological polar surface area (TPSA) is 76.1 Å². The van der Waals surface area contributed by atoms with Gasteiger partial charge in [-0.15, -0.1) is 0 Å². The summed E-state index contributed by atoms with van der Waals surface area (Å²) < 4.78 is 10.7. The molecule has 2 heterocycles. The molecule has 0 radical (unpaired) electrons. The van der Waals surface area contributed by atoms with E-state index in [1.165, 1.54) is 6.92 Å². The summed E-state index contributed by atoms with van der Waals surface area (Å²) in [6.07, 6.45) is 1.64. The van der Waals surface area contributed by atoms with E-state index in [4.69, 9.17) is 9.47 Å². The zero-order valence-electron chi connectivity index (χ0n) is 11.6. The zero-order valence-corrected chi connectivity index (χ0v) is 11.6. The van der Waals surface area contributed by atoms with Crippen LogP contribution in [0.5, 0.6) is 0 Å². The van der Waals surface area contributed by atoms with Crippen LogP contribution in [0.4, 0.5) is 0 Å². The summed E-state index contributed by atoms with van der Waals surface area (Å²) in [7, 11) is 1.86. The van der Waals surface area contributed by atoms with Crippen molar-refractivity contribution in [2.24, 2.45) is 0 Å². The second-order valence-electron chi connectivity index (χ2n) is 5.27. The van der Waals surface area contributed by atoms with Crippen molar-refractivity contribution in [1.82, 2.24) is 4.90 Å². The van der Waals surface area contributed by atoms with Crippen molar-refractivity contribution in [2.45, 2.75) is 63.5 Å². The quantitative estimate of drug-likeness (QED) is 0.592. The van der Waals surface area contributed by atoms with Gasteiger partial charge >= 0.3 is 11.9 Å². The maximum absolute atomic E-state index is 11.7. The van der Waals surface area contributed by atoms with Crippen molar-refractivity contribution in [3.05, 3.63) is 0 Å². The Morgan fingerprint density at radius 1 is 1.37 bits per heavy atom. The molecule has 0 spiro atoms. The minimum atomic E-state index is -1.55. The normalized spacial score (nSPS) is 38.0. The fourth-order valence-corrected chi connectivity index (χ4v) is 3.24. The molecule has 0 saturated carbocycles. The lowest BCUT2D eigenvalue weighted by molar-refractivity contribution is -0.258. The summed E-state index contributed by atoms with van der Waals surface area (Å²) in [5.74, 6) is -2.57. The number of rotatable bonds is 3. The molecule has 19 heavy (non-hydrogen) atoms. The summed E-state index contributed by atoms with van der Waals surface area (Å²) in [5.41, 5.74) is 0. The first-order valence-electron chi connectivity index (χ1n) is 6.73. The van der Waals surface area contributed by atoms with E-state index < -0.39 is 23.8 Å². The predicted octanol–water partition coefficient (Wildman–Crippen LogP) is 0.426. The number of hydrogen-bond donors (Lipinski definition) is 1. The summed E-state index contributed by atoms with van der Waals surface area (Å²) in [6.45, 7) is 2.93. The molecule has 108 valence electrons. The molecule has 0 aromatic heterocycles. The minimum Gasteiger partial charge on any atom is -0.418 e. The molecule has 6 heteroatoms. The van der Waals surface area contributed by atoms with Crippen molar-refractivity contribution in [3.63, 3.8) is 0 Å². The highest BCUT2D eigenvalue weighted by Gasteiger charge is 2.64. The van der Waals surface area contributed by atoms with Gasteiger partial charge in [0.2, 0.25) is 0 Å². The smallest absolute Gasteiger partial charge is 0.308 e. The van der Waals surface area contributed by atoms with Crippen molar-refractivity contribution in [2.75, 3.05) is 7.05 Å². The number of carbonyl (C=O) groups is 2. The first-order chi connectivity index (χ1) is 8.92. The van der Waals surface area contributed by atoms with Crippen LogP contribution in [0.1, 0.15) is 39.5 Å². The lowest BCUT2D eigenvalue weighted by Crippen LogP contribution is -2.55. The van der Waals surface area contributed by atoms with Crippen LogP contribution in [-0.2, 0) is 19.1 Å². The second kappa shape index (κ2) is 5.09. The van der Waals surface area contributed by atoms with Crippen LogP contribution in [0.2, 0.25) is 0 Å². The largest absolute Gasteiger partial charge is 0.418 e. The van der Waals surface area contributed by atoms with Crippen molar-refractivity contribution in [3.8, 4) is 0 Å². The highest BCUT2D eigenvalue weighted by atomic mass is 16.7. The molecule has 2 bridgehead atoms. The molecule has 6 nitrogen and oxygen atoms in total. The van der Waals surface area contributed by atoms with Gasteiger partial charge in [0.15, 0.2) is 0 Å². The Bertz CT molecular complexity index is 385. The van der Waals surface area contributed by atoms with Gasteiger partial charge in [-0.1, -0.05) is 6.92 Å². The van der Waals surface area contributed by atoms with Gasteiger partial charge in [-0.05, 0) is 26.3 Å². The Morgan fingerprint density at radius 3 is 2.58 bits per heavy atom. The molecular formula is C13H21NO5. The molecule has 2 aliphatic heterocycles. The summed E-state index contributed by atoms with van der Waals surface area (Å²) in [5, 5.41) is 10.5. The van der Waals surface area contributed by atoms with Crippen molar-refractivity contribution in [1.29, 1.82) is 0 Å². The van der Waals surface area contributed by atoms with Gasteiger partial charge in [-0.3, -0.25) is 14.5 Å². The van der Waals surface area contributed by atoms with E-state index in [2.05, 4.69) is 0 Å². The van der Waals surface area contributed by atoms with E-state index in [0.29, 0.717) is 0 Å². The second-order valence-corrected chi connectivity index (χ2v) is 5.27. The summed E-state index contributed by atoms with van der Waals surface area (Å²) >= 11 is 0. The lowest BCUT2D eigenvalue weighted by atomic mass is 10.0. The van der Waals surface area contributed by atoms with Gasteiger partial charge in [-0.25, -0.2) is 0 Å². The van der Waals surface area contributed by atoms with Gasteiger partial charge in [0.05, 0.1) is 6.04 Å². The van der Waals surface area contributed by atoms with Crippen molar-refractivity contribution < 1.29 is 24.2 Å². The molecule has 0 aromatic rings. The Hall–Kier alpha value is -1.14. The number of aliphatic hydroxyl groups is 1. The van der Waals surface area contributed by atoms with E-state index in [0.717, 1.165) is 19.3 Å². The number of nitrogens with zero attached hydrogens (tertiary/aromatic N) is 1. The number of aliphatic hydroxyl groups excluding tert-OH is 1. The van der Waals surface area contributed by atoms with Gasteiger partial charge in [0.25, 0.3) is 5.79 Å². The van der Waals surface area contributed by atoms with E-state index in [-0.39, 0.29) is 18.5 Å². The maximum atomic E-state index is 11.7. The van der Waals surface area contributed by atoms with E-state index in [1.54, 1.807) is 6.92 Å². The Morgan fingerprint density at radius 2 is 2.05 bits per heavy atom. The number of carbonyl (C=O) groups excluding carboxylic acids is 2. The van der Waals surface area contributed by atoms with Crippen LogP contribution in [0.25, 0.3) is 0 Å². The van der Waals surface area contributed by atoms with E-state index in [1.807, 2.05) is 11.9 Å². The van der Waals surface area contributed by atoms with E-state index in [9.17, 15) is 14.7 Å². The number of likely N-dealkylation sites (N-methyl/N-ethyl adjacent to an activating group) is 1. The number of hydrogen-bond acceptors (Lipinski definition) is 6. The van der Waals surface area contributed by atoms with E-state index >= 15 is 0 Å². The SMILES string of the molecule is CCC(=O)OC1(OC(C)=O)C(O)[C@@H]2CCC[C@H]1N2C. The molecule has 0 aliphatic carbocycles. The molecule has 2 saturated heterocycles. The predicted molar refractivity (Wildman–Crippen MR) is 66.1 cm³/mol. The Labute approximate surface area is 112 Å². The zero-order chi connectivity index (χ0) is 14.2. The summed E-state index contributed by atoms with van der Waals surface area (Å²) in [6, 6.07) is -0.414. The Kier molecular flexibility index (Phi) is 3.82. The maximum Gasteiger partial charge on any atom is 0.308 e. The minimum absolute atomic E-state index is 0.136. The summed E-state index contributed by atoms with van der Waals surface area (Å²) in [4.78, 5) is 25.0. The molecule has 0 amide bonds. The third kappa shape index (κ3) is 2.23. The fourth-order valence-electron chi connectivity index (χ4n) is 3.24.